The van der Waals surface area contributed by atoms with Crippen LogP contribution in [0, 0.1) is 0 Å². The van der Waals surface area contributed by atoms with E-state index in [1.54, 1.807) is 12.1 Å². The van der Waals surface area contributed by atoms with E-state index in [-0.39, 0.29) is 37.8 Å². The first-order valence-corrected chi connectivity index (χ1v) is 8.32. The molecule has 0 bridgehead atoms. The third-order valence-electron chi connectivity index (χ3n) is 3.08. The van der Waals surface area contributed by atoms with Crippen molar-refractivity contribution < 1.29 is 18.7 Å². The van der Waals surface area contributed by atoms with Crippen LogP contribution in [0.2, 0.25) is 0 Å². The summed E-state index contributed by atoms with van der Waals surface area (Å²) in [4.78, 5) is 23.6. The van der Waals surface area contributed by atoms with Gasteiger partial charge >= 0.3 is 0 Å². The van der Waals surface area contributed by atoms with E-state index in [9.17, 15) is 14.0 Å². The number of aromatic nitrogens is 2. The first-order valence-electron chi connectivity index (χ1n) is 7.88. The summed E-state index contributed by atoms with van der Waals surface area (Å²) in [7, 11) is 0. The molecule has 0 aliphatic carbocycles. The Morgan fingerprint density at radius 3 is 2.78 bits per heavy atom. The first kappa shape index (κ1) is 22.0. The van der Waals surface area contributed by atoms with Crippen molar-refractivity contribution in [1.29, 1.82) is 0 Å². The van der Waals surface area contributed by atoms with Crippen molar-refractivity contribution in [2.45, 2.75) is 13.0 Å². The van der Waals surface area contributed by atoms with E-state index in [1.165, 1.54) is 12.3 Å². The first-order chi connectivity index (χ1) is 13.0. The topological polar surface area (TPSA) is 93.2 Å². The van der Waals surface area contributed by atoms with Gasteiger partial charge in [0.25, 0.3) is 5.91 Å². The van der Waals surface area contributed by atoms with E-state index in [4.69, 9.17) is 16.3 Å². The van der Waals surface area contributed by atoms with Crippen LogP contribution in [0.1, 0.15) is 12.1 Å². The molecule has 2 amide bonds. The number of allylic oxidation sites excluding steroid dienone is 3. The molecule has 1 heterocycles. The number of ether oxygens (including phenoxy) is 1. The van der Waals surface area contributed by atoms with Crippen LogP contribution in [-0.4, -0.2) is 35.2 Å². The molecular formula is C18H20ClFN4O3. The highest BCUT2D eigenvalue weighted by molar-refractivity contribution is 6.25. The number of rotatable bonds is 11. The van der Waals surface area contributed by atoms with Gasteiger partial charge in [-0.25, -0.2) is 4.39 Å². The zero-order valence-corrected chi connectivity index (χ0v) is 15.3. The number of halogens is 2. The zero-order valence-electron chi connectivity index (χ0n) is 14.6. The predicted octanol–water partition coefficient (Wildman–Crippen LogP) is 2.29. The Kier molecular flexibility index (Phi) is 10.1. The van der Waals surface area contributed by atoms with Gasteiger partial charge in [-0.2, -0.15) is 10.2 Å². The van der Waals surface area contributed by atoms with Crippen molar-refractivity contribution in [2.75, 3.05) is 13.2 Å². The number of nitrogens with zero attached hydrogens (tertiary/aromatic N) is 2. The van der Waals surface area contributed by atoms with Gasteiger partial charge in [-0.3, -0.25) is 9.59 Å². The lowest BCUT2D eigenvalue weighted by atomic mass is 10.2. The van der Waals surface area contributed by atoms with E-state index in [0.717, 1.165) is 11.6 Å². The highest BCUT2D eigenvalue weighted by atomic mass is 35.5. The van der Waals surface area contributed by atoms with Crippen LogP contribution < -0.4 is 10.6 Å². The maximum atomic E-state index is 13.0. The second-order valence-corrected chi connectivity index (χ2v) is 5.35. The fourth-order valence-corrected chi connectivity index (χ4v) is 1.78. The summed E-state index contributed by atoms with van der Waals surface area (Å²) in [5.74, 6) is -1.44. The van der Waals surface area contributed by atoms with Crippen molar-refractivity contribution in [1.82, 2.24) is 20.8 Å². The molecule has 0 aliphatic heterocycles. The lowest BCUT2D eigenvalue weighted by Crippen LogP contribution is -2.30. The van der Waals surface area contributed by atoms with Crippen LogP contribution in [0.5, 0.6) is 0 Å². The molecule has 0 aromatic carbocycles. The van der Waals surface area contributed by atoms with Gasteiger partial charge in [0.2, 0.25) is 5.91 Å². The summed E-state index contributed by atoms with van der Waals surface area (Å²) < 4.78 is 18.1. The molecule has 0 fully saturated rings. The lowest BCUT2D eigenvalue weighted by Gasteiger charge is -2.09. The van der Waals surface area contributed by atoms with Crippen LogP contribution in [-0.2, 0) is 20.9 Å². The molecule has 0 unspecified atom stereocenters. The van der Waals surface area contributed by atoms with Crippen LogP contribution in [0.4, 0.5) is 4.39 Å². The molecule has 0 aliphatic rings. The molecule has 0 radical (unpaired) electrons. The normalized spacial score (nSPS) is 11.5. The van der Waals surface area contributed by atoms with E-state index in [0.29, 0.717) is 11.3 Å². The number of hydrogen-bond acceptors (Lipinski definition) is 5. The number of carbonyl (C=O) groups excluding carboxylic acids is 2. The van der Waals surface area contributed by atoms with Crippen LogP contribution in [0.15, 0.2) is 66.3 Å². The Morgan fingerprint density at radius 1 is 1.37 bits per heavy atom. The van der Waals surface area contributed by atoms with E-state index >= 15 is 0 Å². The number of nitrogens with one attached hydrogen (secondary N) is 2. The van der Waals surface area contributed by atoms with E-state index in [1.807, 2.05) is 0 Å². The van der Waals surface area contributed by atoms with Gasteiger partial charge in [0, 0.05) is 29.9 Å². The minimum atomic E-state index is -0.726. The Morgan fingerprint density at radius 2 is 2.15 bits per heavy atom. The second-order valence-electron chi connectivity index (χ2n) is 5.13. The average Bonchev–Trinajstić information content (AvgIpc) is 2.69. The molecule has 1 aromatic heterocycles. The molecule has 27 heavy (non-hydrogen) atoms. The largest absolute Gasteiger partial charge is 0.484 e. The second kappa shape index (κ2) is 12.4. The molecule has 0 saturated carbocycles. The minimum absolute atomic E-state index is 0.0624. The van der Waals surface area contributed by atoms with Crippen molar-refractivity contribution >= 4 is 23.4 Å². The highest BCUT2D eigenvalue weighted by Crippen LogP contribution is 2.07. The molecule has 7 nitrogen and oxygen atoms in total. The van der Waals surface area contributed by atoms with Crippen LogP contribution >= 0.6 is 11.6 Å². The number of amides is 2. The molecular weight excluding hydrogens is 375 g/mol. The maximum Gasteiger partial charge on any atom is 0.257 e. The third kappa shape index (κ3) is 9.31. The smallest absolute Gasteiger partial charge is 0.257 e. The molecule has 1 aromatic rings. The monoisotopic (exact) mass is 394 g/mol. The maximum absolute atomic E-state index is 13.0. The van der Waals surface area contributed by atoms with E-state index in [2.05, 4.69) is 34.0 Å². The summed E-state index contributed by atoms with van der Waals surface area (Å²) in [6, 6.07) is 3.45. The third-order valence-corrected chi connectivity index (χ3v) is 3.29. The van der Waals surface area contributed by atoms with Gasteiger partial charge in [-0.05, 0) is 24.6 Å². The molecule has 9 heteroatoms. The van der Waals surface area contributed by atoms with Gasteiger partial charge < -0.3 is 15.4 Å². The summed E-state index contributed by atoms with van der Waals surface area (Å²) in [5.41, 5.74) is 1.66. The lowest BCUT2D eigenvalue weighted by molar-refractivity contribution is -0.124. The molecule has 2 N–H and O–H groups in total. The fraction of sp³-hybridized carbons (Fsp3) is 0.222. The Labute approximate surface area is 161 Å². The van der Waals surface area contributed by atoms with E-state index < -0.39 is 11.7 Å². The van der Waals surface area contributed by atoms with Crippen LogP contribution in [0.25, 0.3) is 0 Å². The molecule has 0 atom stereocenters. The zero-order chi connectivity index (χ0) is 20.1. The number of hydrogen-bond donors (Lipinski definition) is 2. The summed E-state index contributed by atoms with van der Waals surface area (Å²) in [6.45, 7) is 7.22. The van der Waals surface area contributed by atoms with Crippen LogP contribution in [0.3, 0.4) is 0 Å². The van der Waals surface area contributed by atoms with Crippen molar-refractivity contribution in [3.63, 3.8) is 0 Å². The van der Waals surface area contributed by atoms with Gasteiger partial charge in [-0.15, -0.1) is 0 Å². The molecule has 1 rings (SSSR count). The molecule has 0 saturated heterocycles. The van der Waals surface area contributed by atoms with Crippen molar-refractivity contribution in [3.8, 4) is 0 Å². The van der Waals surface area contributed by atoms with Gasteiger partial charge in [0.15, 0.2) is 6.61 Å². The summed E-state index contributed by atoms with van der Waals surface area (Å²) in [5, 5.41) is 12.8. The Balaban J connectivity index is 2.27. The SMILES string of the molecule is C=C/C(=C\C(F)=C\Cl)OCC(=O)NCCC(=C)C(=O)NCc1cccnn1. The predicted molar refractivity (Wildman–Crippen MR) is 99.9 cm³/mol. The Hall–Kier alpha value is -3.00. The van der Waals surface area contributed by atoms with Gasteiger partial charge in [-0.1, -0.05) is 24.8 Å². The molecule has 0 spiro atoms. The average molecular weight is 395 g/mol. The van der Waals surface area contributed by atoms with Crippen molar-refractivity contribution in [2.24, 2.45) is 0 Å². The highest BCUT2D eigenvalue weighted by Gasteiger charge is 2.09. The number of carbonyl (C=O) groups is 2. The summed E-state index contributed by atoms with van der Waals surface area (Å²) in [6.07, 6.45) is 4.04. The summed E-state index contributed by atoms with van der Waals surface area (Å²) >= 11 is 5.20. The molecule has 144 valence electrons. The van der Waals surface area contributed by atoms with Crippen molar-refractivity contribution in [3.05, 3.63) is 72.0 Å². The van der Waals surface area contributed by atoms with Gasteiger partial charge in [0.05, 0.1) is 12.2 Å². The Bertz CT molecular complexity index is 735. The standard InChI is InChI=1S/C18H20ClFN4O3/c1-3-16(9-14(20)10-19)27-12-17(25)21-8-6-13(2)18(26)22-11-15-5-4-7-23-24-15/h3-5,7,9-10H,1-2,6,8,11-12H2,(H,21,25)(H,22,26)/b14-10-,16-9+. The van der Waals surface area contributed by atoms with Gasteiger partial charge in [0.1, 0.15) is 11.6 Å². The minimum Gasteiger partial charge on any atom is -0.484 e. The fourth-order valence-electron chi connectivity index (χ4n) is 1.72. The quantitative estimate of drug-likeness (QED) is 0.341.